The number of hydrogen-bond acceptors (Lipinski definition) is 3. The molecule has 0 spiro atoms. The molecule has 6 heteroatoms. The highest BCUT2D eigenvalue weighted by Gasteiger charge is 2.16. The first kappa shape index (κ1) is 16.6. The van der Waals surface area contributed by atoms with Crippen molar-refractivity contribution in [2.24, 2.45) is 0 Å². The van der Waals surface area contributed by atoms with E-state index in [1.165, 1.54) is 18.2 Å². The first-order valence-corrected chi connectivity index (χ1v) is 9.29. The molecule has 4 nitrogen and oxygen atoms in total. The van der Waals surface area contributed by atoms with E-state index in [4.69, 9.17) is 0 Å². The summed E-state index contributed by atoms with van der Waals surface area (Å²) < 4.78 is 1.13. The summed E-state index contributed by atoms with van der Waals surface area (Å²) >= 11 is 3.60. The van der Waals surface area contributed by atoms with Crippen LogP contribution in [0.1, 0.15) is 19.3 Å². The Balaban J connectivity index is 1.66. The van der Waals surface area contributed by atoms with Crippen LogP contribution in [0.25, 0.3) is 0 Å². The SMILES string of the molecule is O=C(CSCC(=O)N1CCCCC1)Nc1ccc(I)cc1. The molecule has 0 bridgehead atoms. The summed E-state index contributed by atoms with van der Waals surface area (Å²) in [5.41, 5.74) is 0.795. The van der Waals surface area contributed by atoms with Crippen LogP contribution in [0, 0.1) is 3.57 Å². The van der Waals surface area contributed by atoms with E-state index in [9.17, 15) is 9.59 Å². The van der Waals surface area contributed by atoms with E-state index in [0.717, 1.165) is 35.2 Å². The van der Waals surface area contributed by atoms with Crippen LogP contribution in [0.4, 0.5) is 5.69 Å². The number of nitrogens with zero attached hydrogens (tertiary/aromatic N) is 1. The number of hydrogen-bond donors (Lipinski definition) is 1. The van der Waals surface area contributed by atoms with Crippen LogP contribution in [-0.4, -0.2) is 41.3 Å². The molecule has 1 N–H and O–H groups in total. The summed E-state index contributed by atoms with van der Waals surface area (Å²) in [4.78, 5) is 25.7. The molecule has 1 aromatic rings. The lowest BCUT2D eigenvalue weighted by molar-refractivity contribution is -0.129. The Morgan fingerprint density at radius 1 is 1.10 bits per heavy atom. The number of carbonyl (C=O) groups is 2. The number of benzene rings is 1. The van der Waals surface area contributed by atoms with Crippen molar-refractivity contribution >= 4 is 51.9 Å². The van der Waals surface area contributed by atoms with Gasteiger partial charge in [0.05, 0.1) is 11.5 Å². The van der Waals surface area contributed by atoms with E-state index in [-0.39, 0.29) is 11.8 Å². The predicted molar refractivity (Wildman–Crippen MR) is 95.5 cm³/mol. The summed E-state index contributed by atoms with van der Waals surface area (Å²) in [6.07, 6.45) is 3.42. The van der Waals surface area contributed by atoms with Gasteiger partial charge in [-0.2, -0.15) is 0 Å². The molecule has 0 aliphatic carbocycles. The molecule has 1 fully saturated rings. The normalized spacial score (nSPS) is 14.8. The van der Waals surface area contributed by atoms with Gasteiger partial charge in [0.15, 0.2) is 0 Å². The van der Waals surface area contributed by atoms with E-state index >= 15 is 0 Å². The second-order valence-electron chi connectivity index (χ2n) is 4.99. The molecule has 1 saturated heterocycles. The standard InChI is InChI=1S/C15H19IN2O2S/c16-12-4-6-13(7-5-12)17-14(19)10-21-11-15(20)18-8-2-1-3-9-18/h4-7H,1-3,8-11H2,(H,17,19). The van der Waals surface area contributed by atoms with Gasteiger partial charge in [0.1, 0.15) is 0 Å². The van der Waals surface area contributed by atoms with Crippen molar-refractivity contribution in [3.63, 3.8) is 0 Å². The average Bonchev–Trinajstić information content (AvgIpc) is 2.50. The highest BCUT2D eigenvalue weighted by Crippen LogP contribution is 2.13. The Bertz CT molecular complexity index is 487. The fraction of sp³-hybridized carbons (Fsp3) is 0.467. The molecule has 1 aliphatic heterocycles. The third-order valence-corrected chi connectivity index (χ3v) is 4.93. The zero-order valence-corrected chi connectivity index (χ0v) is 14.8. The van der Waals surface area contributed by atoms with Crippen LogP contribution in [0.2, 0.25) is 0 Å². The molecular weight excluding hydrogens is 399 g/mol. The molecule has 1 aromatic carbocycles. The van der Waals surface area contributed by atoms with Crippen molar-refractivity contribution in [3.05, 3.63) is 27.8 Å². The summed E-state index contributed by atoms with van der Waals surface area (Å²) in [5.74, 6) is 0.792. The third kappa shape index (κ3) is 5.86. The number of piperidine rings is 1. The minimum atomic E-state index is -0.0624. The molecule has 0 unspecified atom stereocenters. The van der Waals surface area contributed by atoms with E-state index in [1.54, 1.807) is 0 Å². The molecule has 1 aliphatic rings. The predicted octanol–water partition coefficient (Wildman–Crippen LogP) is 2.98. The number of rotatable bonds is 5. The highest BCUT2D eigenvalue weighted by molar-refractivity contribution is 14.1. The maximum Gasteiger partial charge on any atom is 0.234 e. The summed E-state index contributed by atoms with van der Waals surface area (Å²) in [6, 6.07) is 7.65. The van der Waals surface area contributed by atoms with Crippen LogP contribution in [0.5, 0.6) is 0 Å². The Labute approximate surface area is 143 Å². The van der Waals surface area contributed by atoms with Gasteiger partial charge < -0.3 is 10.2 Å². The van der Waals surface area contributed by atoms with Crippen molar-refractivity contribution in [3.8, 4) is 0 Å². The molecule has 0 aromatic heterocycles. The Morgan fingerprint density at radius 2 is 1.76 bits per heavy atom. The number of anilines is 1. The minimum Gasteiger partial charge on any atom is -0.342 e. The smallest absolute Gasteiger partial charge is 0.234 e. The molecule has 0 atom stereocenters. The molecule has 0 saturated carbocycles. The van der Waals surface area contributed by atoms with E-state index < -0.39 is 0 Å². The topological polar surface area (TPSA) is 49.4 Å². The molecule has 114 valence electrons. The van der Waals surface area contributed by atoms with Gasteiger partial charge in [-0.05, 0) is 66.1 Å². The van der Waals surface area contributed by atoms with Gasteiger partial charge >= 0.3 is 0 Å². The highest BCUT2D eigenvalue weighted by atomic mass is 127. The number of carbonyl (C=O) groups excluding carboxylic acids is 2. The van der Waals surface area contributed by atoms with Crippen molar-refractivity contribution in [2.45, 2.75) is 19.3 Å². The third-order valence-electron chi connectivity index (χ3n) is 3.30. The number of halogens is 1. The van der Waals surface area contributed by atoms with Crippen LogP contribution < -0.4 is 5.32 Å². The maximum atomic E-state index is 11.9. The Kier molecular flexibility index (Phi) is 6.82. The molecular formula is C15H19IN2O2S. The van der Waals surface area contributed by atoms with Gasteiger partial charge in [-0.25, -0.2) is 0 Å². The number of thioether (sulfide) groups is 1. The van der Waals surface area contributed by atoms with Crippen molar-refractivity contribution in [1.82, 2.24) is 4.90 Å². The van der Waals surface area contributed by atoms with Gasteiger partial charge in [0, 0.05) is 22.3 Å². The maximum absolute atomic E-state index is 11.9. The minimum absolute atomic E-state index is 0.0624. The van der Waals surface area contributed by atoms with E-state index in [2.05, 4.69) is 27.9 Å². The first-order valence-electron chi connectivity index (χ1n) is 7.06. The van der Waals surface area contributed by atoms with Gasteiger partial charge in [-0.15, -0.1) is 11.8 Å². The largest absolute Gasteiger partial charge is 0.342 e. The lowest BCUT2D eigenvalue weighted by atomic mass is 10.1. The van der Waals surface area contributed by atoms with E-state index in [0.29, 0.717) is 11.5 Å². The summed E-state index contributed by atoms with van der Waals surface area (Å²) in [5, 5.41) is 2.83. The Morgan fingerprint density at radius 3 is 2.43 bits per heavy atom. The molecule has 0 radical (unpaired) electrons. The van der Waals surface area contributed by atoms with Crippen LogP contribution in [0.3, 0.4) is 0 Å². The fourth-order valence-corrected chi connectivity index (χ4v) is 3.27. The zero-order valence-electron chi connectivity index (χ0n) is 11.8. The zero-order chi connectivity index (χ0) is 15.1. The second-order valence-corrected chi connectivity index (χ2v) is 7.22. The van der Waals surface area contributed by atoms with Gasteiger partial charge in [-0.3, -0.25) is 9.59 Å². The number of likely N-dealkylation sites (tertiary alicyclic amines) is 1. The van der Waals surface area contributed by atoms with Crippen LogP contribution in [-0.2, 0) is 9.59 Å². The molecule has 21 heavy (non-hydrogen) atoms. The summed E-state index contributed by atoms with van der Waals surface area (Å²) in [6.45, 7) is 1.74. The Hall–Kier alpha value is -0.760. The molecule has 1 heterocycles. The van der Waals surface area contributed by atoms with Gasteiger partial charge in [-0.1, -0.05) is 0 Å². The first-order chi connectivity index (χ1) is 10.1. The van der Waals surface area contributed by atoms with Crippen molar-refractivity contribution in [2.75, 3.05) is 29.9 Å². The number of amides is 2. The quantitative estimate of drug-likeness (QED) is 0.749. The monoisotopic (exact) mass is 418 g/mol. The molecule has 2 amide bonds. The van der Waals surface area contributed by atoms with Gasteiger partial charge in [0.25, 0.3) is 0 Å². The number of nitrogens with one attached hydrogen (secondary N) is 1. The fourth-order valence-electron chi connectivity index (χ4n) is 2.20. The lowest BCUT2D eigenvalue weighted by Gasteiger charge is -2.26. The average molecular weight is 418 g/mol. The lowest BCUT2D eigenvalue weighted by Crippen LogP contribution is -2.37. The van der Waals surface area contributed by atoms with E-state index in [1.807, 2.05) is 29.2 Å². The summed E-state index contributed by atoms with van der Waals surface area (Å²) in [7, 11) is 0. The van der Waals surface area contributed by atoms with Crippen molar-refractivity contribution in [1.29, 1.82) is 0 Å². The second kappa shape index (κ2) is 8.63. The van der Waals surface area contributed by atoms with Gasteiger partial charge in [0.2, 0.25) is 11.8 Å². The van der Waals surface area contributed by atoms with Crippen molar-refractivity contribution < 1.29 is 9.59 Å². The van der Waals surface area contributed by atoms with Crippen LogP contribution >= 0.6 is 34.4 Å². The molecule has 2 rings (SSSR count). The van der Waals surface area contributed by atoms with Crippen LogP contribution in [0.15, 0.2) is 24.3 Å².